The number of likely N-dealkylation sites (N-methyl/N-ethyl adjacent to an activating group) is 1. The minimum absolute atomic E-state index is 0.155. The smallest absolute Gasteiger partial charge is 0.328 e. The van der Waals surface area contributed by atoms with Crippen molar-refractivity contribution in [3.8, 4) is 5.75 Å². The van der Waals surface area contributed by atoms with Gasteiger partial charge in [0.2, 0.25) is 5.82 Å². The molecule has 134 valence electrons. The maximum absolute atomic E-state index is 14.0. The molecule has 1 heterocycles. The van der Waals surface area contributed by atoms with Crippen LogP contribution in [0.4, 0.5) is 15.8 Å². The molecule has 1 aromatic rings. The van der Waals surface area contributed by atoms with E-state index < -0.39 is 16.4 Å². The van der Waals surface area contributed by atoms with Crippen molar-refractivity contribution in [2.75, 3.05) is 45.2 Å². The summed E-state index contributed by atoms with van der Waals surface area (Å²) in [4.78, 5) is 14.5. The minimum atomic E-state index is -0.894. The molecule has 0 spiro atoms. The van der Waals surface area contributed by atoms with Gasteiger partial charge in [0.25, 0.3) is 0 Å². The molecule has 1 aliphatic heterocycles. The Balaban J connectivity index is 2.12. The molecule has 7 nitrogen and oxygen atoms in total. The van der Waals surface area contributed by atoms with E-state index in [1.54, 1.807) is 11.9 Å². The zero-order valence-corrected chi connectivity index (χ0v) is 14.5. The molecule has 1 saturated heterocycles. The highest BCUT2D eigenvalue weighted by Crippen LogP contribution is 2.34. The lowest BCUT2D eigenvalue weighted by Crippen LogP contribution is -2.47. The van der Waals surface area contributed by atoms with Crippen molar-refractivity contribution >= 4 is 11.4 Å². The molecule has 0 aliphatic carbocycles. The van der Waals surface area contributed by atoms with Crippen molar-refractivity contribution in [3.05, 3.63) is 28.1 Å². The van der Waals surface area contributed by atoms with Crippen molar-refractivity contribution < 1.29 is 18.8 Å². The highest BCUT2D eigenvalue weighted by molar-refractivity contribution is 5.66. The zero-order valence-electron chi connectivity index (χ0n) is 14.5. The molecule has 0 bridgehead atoms. The first-order chi connectivity index (χ1) is 11.3. The first-order valence-corrected chi connectivity index (χ1v) is 7.92. The van der Waals surface area contributed by atoms with Crippen LogP contribution < -0.4 is 9.64 Å². The molecule has 1 aromatic carbocycles. The van der Waals surface area contributed by atoms with E-state index in [1.807, 2.05) is 13.8 Å². The topological polar surface area (TPSA) is 68.1 Å². The lowest BCUT2D eigenvalue weighted by atomic mass is 10.2. The summed E-state index contributed by atoms with van der Waals surface area (Å²) >= 11 is 0. The standard InChI is InChI=1S/C16H24FN3O4/c1-11-9-19(10-12(2)24-11)6-5-18(3)15-8-13(23-4)7-14(17)16(15)20(21)22/h7-8,11-12H,5-6,9-10H2,1-4H3/t11-,12+. The van der Waals surface area contributed by atoms with Gasteiger partial charge in [-0.05, 0) is 13.8 Å². The van der Waals surface area contributed by atoms with Crippen LogP contribution >= 0.6 is 0 Å². The molecule has 1 fully saturated rings. The first-order valence-electron chi connectivity index (χ1n) is 7.92. The van der Waals surface area contributed by atoms with Gasteiger partial charge in [0.1, 0.15) is 11.4 Å². The molecule has 8 heteroatoms. The highest BCUT2D eigenvalue weighted by atomic mass is 19.1. The number of nitrogens with zero attached hydrogens (tertiary/aromatic N) is 3. The summed E-state index contributed by atoms with van der Waals surface area (Å²) in [6.45, 7) is 6.92. The second-order valence-corrected chi connectivity index (χ2v) is 6.17. The van der Waals surface area contributed by atoms with Gasteiger partial charge in [0.05, 0.1) is 24.2 Å². The molecule has 0 radical (unpaired) electrons. The molecule has 0 saturated carbocycles. The van der Waals surface area contributed by atoms with E-state index in [4.69, 9.17) is 9.47 Å². The molecule has 0 N–H and O–H groups in total. The van der Waals surface area contributed by atoms with Gasteiger partial charge in [0, 0.05) is 45.4 Å². The van der Waals surface area contributed by atoms with Gasteiger partial charge in [0.15, 0.2) is 0 Å². The quantitative estimate of drug-likeness (QED) is 0.584. The number of anilines is 1. The third kappa shape index (κ3) is 4.33. The predicted molar refractivity (Wildman–Crippen MR) is 89.3 cm³/mol. The molecule has 0 unspecified atom stereocenters. The number of halogens is 1. The summed E-state index contributed by atoms with van der Waals surface area (Å²) < 4.78 is 24.8. The third-order valence-electron chi connectivity index (χ3n) is 4.09. The average Bonchev–Trinajstić information content (AvgIpc) is 2.50. The Morgan fingerprint density at radius 3 is 2.58 bits per heavy atom. The van der Waals surface area contributed by atoms with Crippen LogP contribution in [0.15, 0.2) is 12.1 Å². The summed E-state index contributed by atoms with van der Waals surface area (Å²) in [5.41, 5.74) is -0.312. The van der Waals surface area contributed by atoms with Gasteiger partial charge < -0.3 is 14.4 Å². The van der Waals surface area contributed by atoms with E-state index in [9.17, 15) is 14.5 Å². The zero-order chi connectivity index (χ0) is 17.9. The molecule has 1 aliphatic rings. The van der Waals surface area contributed by atoms with Crippen molar-refractivity contribution in [2.24, 2.45) is 0 Å². The fraction of sp³-hybridized carbons (Fsp3) is 0.625. The number of rotatable bonds is 6. The van der Waals surface area contributed by atoms with Gasteiger partial charge >= 0.3 is 5.69 Å². The molecular weight excluding hydrogens is 317 g/mol. The molecule has 0 amide bonds. The van der Waals surface area contributed by atoms with Crippen LogP contribution in [0.25, 0.3) is 0 Å². The second-order valence-electron chi connectivity index (χ2n) is 6.17. The van der Waals surface area contributed by atoms with Gasteiger partial charge in [-0.25, -0.2) is 0 Å². The summed E-state index contributed by atoms with van der Waals surface area (Å²) in [6.07, 6.45) is 0.310. The number of hydrogen-bond acceptors (Lipinski definition) is 6. The Labute approximate surface area is 141 Å². The van der Waals surface area contributed by atoms with E-state index in [0.29, 0.717) is 13.1 Å². The van der Waals surface area contributed by atoms with Crippen LogP contribution in [0.3, 0.4) is 0 Å². The first kappa shape index (κ1) is 18.4. The maximum Gasteiger partial charge on any atom is 0.328 e. The molecular formula is C16H24FN3O4. The number of ether oxygens (including phenoxy) is 2. The van der Waals surface area contributed by atoms with E-state index >= 15 is 0 Å². The number of nitro groups is 1. The normalized spacial score (nSPS) is 21.5. The van der Waals surface area contributed by atoms with Crippen LogP contribution in [0, 0.1) is 15.9 Å². The summed E-state index contributed by atoms with van der Waals surface area (Å²) in [5.74, 6) is -0.636. The van der Waals surface area contributed by atoms with Gasteiger partial charge in [-0.2, -0.15) is 4.39 Å². The Kier molecular flexibility index (Phi) is 5.95. The lowest BCUT2D eigenvalue weighted by molar-refractivity contribution is -0.386. The summed E-state index contributed by atoms with van der Waals surface area (Å²) in [5, 5.41) is 11.2. The average molecular weight is 341 g/mol. The van der Waals surface area contributed by atoms with Crippen LogP contribution in [-0.2, 0) is 4.74 Å². The number of benzene rings is 1. The van der Waals surface area contributed by atoms with Crippen LogP contribution in [-0.4, -0.2) is 62.4 Å². The Morgan fingerprint density at radius 1 is 1.42 bits per heavy atom. The van der Waals surface area contributed by atoms with E-state index in [1.165, 1.54) is 13.2 Å². The molecule has 24 heavy (non-hydrogen) atoms. The minimum Gasteiger partial charge on any atom is -0.497 e. The maximum atomic E-state index is 14.0. The van der Waals surface area contributed by atoms with Crippen molar-refractivity contribution in [3.63, 3.8) is 0 Å². The van der Waals surface area contributed by atoms with E-state index in [-0.39, 0.29) is 23.6 Å². The summed E-state index contributed by atoms with van der Waals surface area (Å²) in [6, 6.07) is 2.52. The SMILES string of the molecule is COc1cc(F)c([N+](=O)[O-])c(N(C)CCN2C[C@@H](C)O[C@@H](C)C2)c1. The van der Waals surface area contributed by atoms with Crippen LogP contribution in [0.5, 0.6) is 5.75 Å². The molecule has 0 aromatic heterocycles. The fourth-order valence-corrected chi connectivity index (χ4v) is 3.03. The fourth-order valence-electron chi connectivity index (χ4n) is 3.03. The number of morpholine rings is 1. The monoisotopic (exact) mass is 341 g/mol. The van der Waals surface area contributed by atoms with E-state index in [0.717, 1.165) is 19.2 Å². The van der Waals surface area contributed by atoms with Crippen molar-refractivity contribution in [1.82, 2.24) is 4.90 Å². The van der Waals surface area contributed by atoms with Crippen LogP contribution in [0.2, 0.25) is 0 Å². The Bertz CT molecular complexity index is 589. The third-order valence-corrected chi connectivity index (χ3v) is 4.09. The van der Waals surface area contributed by atoms with E-state index in [2.05, 4.69) is 4.90 Å². The Morgan fingerprint density at radius 2 is 2.04 bits per heavy atom. The van der Waals surface area contributed by atoms with Gasteiger partial charge in [-0.1, -0.05) is 0 Å². The number of nitro benzene ring substituents is 1. The summed E-state index contributed by atoms with van der Waals surface area (Å²) in [7, 11) is 3.12. The number of hydrogen-bond donors (Lipinski definition) is 0. The number of methoxy groups -OCH3 is 1. The highest BCUT2D eigenvalue weighted by Gasteiger charge is 2.26. The second kappa shape index (κ2) is 7.76. The molecule has 2 atom stereocenters. The van der Waals surface area contributed by atoms with Crippen LogP contribution in [0.1, 0.15) is 13.8 Å². The van der Waals surface area contributed by atoms with Gasteiger partial charge in [-0.3, -0.25) is 15.0 Å². The lowest BCUT2D eigenvalue weighted by Gasteiger charge is -2.36. The van der Waals surface area contributed by atoms with Crippen molar-refractivity contribution in [1.29, 1.82) is 0 Å². The van der Waals surface area contributed by atoms with Crippen molar-refractivity contribution in [2.45, 2.75) is 26.1 Å². The largest absolute Gasteiger partial charge is 0.497 e. The van der Waals surface area contributed by atoms with Gasteiger partial charge in [-0.15, -0.1) is 0 Å². The Hall–Kier alpha value is -1.93. The predicted octanol–water partition coefficient (Wildman–Crippen LogP) is 2.29. The molecule has 2 rings (SSSR count).